The predicted octanol–water partition coefficient (Wildman–Crippen LogP) is 7.43. The predicted molar refractivity (Wildman–Crippen MR) is 131 cm³/mol. The first-order valence-corrected chi connectivity index (χ1v) is 12.6. The summed E-state index contributed by atoms with van der Waals surface area (Å²) in [6.45, 7) is 7.65. The Morgan fingerprint density at radius 1 is 1.06 bits per heavy atom. The summed E-state index contributed by atoms with van der Waals surface area (Å²) in [4.78, 5) is 2.55. The Kier molecular flexibility index (Phi) is 9.03. The molecule has 2 aromatic rings. The maximum Gasteiger partial charge on any atom is 0.159 e. The number of nitrogens with zero attached hydrogens (tertiary/aromatic N) is 2. The van der Waals surface area contributed by atoms with Gasteiger partial charge in [-0.3, -0.25) is 4.90 Å². The zero-order chi connectivity index (χ0) is 23.8. The van der Waals surface area contributed by atoms with E-state index in [-0.39, 0.29) is 5.92 Å². The minimum Gasteiger partial charge on any atom is -0.298 e. The van der Waals surface area contributed by atoms with Crippen LogP contribution in [0.1, 0.15) is 76.8 Å². The van der Waals surface area contributed by atoms with Gasteiger partial charge in [0.15, 0.2) is 11.6 Å². The van der Waals surface area contributed by atoms with E-state index in [1.54, 1.807) is 6.07 Å². The van der Waals surface area contributed by atoms with Gasteiger partial charge in [0, 0.05) is 18.6 Å². The standard InChI is InChI=1S/C29H38F2N2/c1-4-26(33(22(2)3)19-17-23-10-6-5-7-11-23)16-18-29(21-32,24-12-8-9-13-24)25-14-15-27(30)28(31)20-25/h5-7,10-11,14-15,20,22,24,26H,4,8-9,12-13,16-19H2,1-3H3. The molecule has 0 bridgehead atoms. The van der Waals surface area contributed by atoms with Crippen LogP contribution < -0.4 is 0 Å². The van der Waals surface area contributed by atoms with Crippen LogP contribution in [0.5, 0.6) is 0 Å². The zero-order valence-electron chi connectivity index (χ0n) is 20.4. The van der Waals surface area contributed by atoms with Gasteiger partial charge in [-0.05, 0) is 81.5 Å². The van der Waals surface area contributed by atoms with Gasteiger partial charge in [-0.25, -0.2) is 8.78 Å². The van der Waals surface area contributed by atoms with E-state index < -0.39 is 17.0 Å². The van der Waals surface area contributed by atoms with Gasteiger partial charge in [-0.15, -0.1) is 0 Å². The fourth-order valence-electron chi connectivity index (χ4n) is 5.75. The maximum atomic E-state index is 14.2. The van der Waals surface area contributed by atoms with Gasteiger partial charge in [0.05, 0.1) is 11.5 Å². The van der Waals surface area contributed by atoms with Gasteiger partial charge in [-0.2, -0.15) is 5.26 Å². The van der Waals surface area contributed by atoms with Crippen molar-refractivity contribution in [3.8, 4) is 6.07 Å². The van der Waals surface area contributed by atoms with E-state index in [0.29, 0.717) is 24.1 Å². The van der Waals surface area contributed by atoms with Crippen molar-refractivity contribution < 1.29 is 8.78 Å². The van der Waals surface area contributed by atoms with Crippen molar-refractivity contribution in [2.24, 2.45) is 5.92 Å². The highest BCUT2D eigenvalue weighted by Crippen LogP contribution is 2.46. The first-order chi connectivity index (χ1) is 15.9. The lowest BCUT2D eigenvalue weighted by Gasteiger charge is -2.39. The molecule has 2 atom stereocenters. The van der Waals surface area contributed by atoms with Crippen molar-refractivity contribution in [3.63, 3.8) is 0 Å². The fraction of sp³-hybridized carbons (Fsp3) is 0.552. The molecule has 0 aromatic heterocycles. The summed E-state index contributed by atoms with van der Waals surface area (Å²) < 4.78 is 27.9. The fourth-order valence-corrected chi connectivity index (χ4v) is 5.75. The van der Waals surface area contributed by atoms with Gasteiger partial charge in [0.1, 0.15) is 0 Å². The van der Waals surface area contributed by atoms with Crippen molar-refractivity contribution in [1.29, 1.82) is 5.26 Å². The van der Waals surface area contributed by atoms with E-state index in [9.17, 15) is 14.0 Å². The van der Waals surface area contributed by atoms with E-state index in [1.807, 2.05) is 6.07 Å². The number of hydrogen-bond donors (Lipinski definition) is 0. The SMILES string of the molecule is CCC(CCC(C#N)(c1ccc(F)c(F)c1)C1CCCC1)N(CCc1ccccc1)C(C)C. The van der Waals surface area contributed by atoms with E-state index in [4.69, 9.17) is 0 Å². The van der Waals surface area contributed by atoms with Gasteiger partial charge in [0.25, 0.3) is 0 Å². The van der Waals surface area contributed by atoms with Gasteiger partial charge < -0.3 is 0 Å². The quantitative estimate of drug-likeness (QED) is 0.354. The van der Waals surface area contributed by atoms with Crippen LogP contribution in [0, 0.1) is 28.9 Å². The number of hydrogen-bond acceptors (Lipinski definition) is 2. The van der Waals surface area contributed by atoms with Crippen LogP contribution >= 0.6 is 0 Å². The summed E-state index contributed by atoms with van der Waals surface area (Å²) in [5, 5.41) is 10.5. The molecule has 0 amide bonds. The third kappa shape index (κ3) is 6.01. The van der Waals surface area contributed by atoms with E-state index in [1.165, 1.54) is 17.7 Å². The second-order valence-corrected chi connectivity index (χ2v) is 9.86. The molecule has 0 saturated heterocycles. The normalized spacial score (nSPS) is 17.3. The smallest absolute Gasteiger partial charge is 0.159 e. The Hall–Kier alpha value is -2.25. The third-order valence-electron chi connectivity index (χ3n) is 7.66. The summed E-state index contributed by atoms with van der Waals surface area (Å²) in [5.41, 5.74) is 1.21. The van der Waals surface area contributed by atoms with Crippen LogP contribution in [0.2, 0.25) is 0 Å². The Labute approximate surface area is 198 Å². The van der Waals surface area contributed by atoms with Crippen molar-refractivity contribution in [3.05, 3.63) is 71.3 Å². The molecule has 0 aliphatic heterocycles. The first-order valence-electron chi connectivity index (χ1n) is 12.6. The average molecular weight is 453 g/mol. The zero-order valence-corrected chi connectivity index (χ0v) is 20.4. The molecule has 4 heteroatoms. The number of halogens is 2. The van der Waals surface area contributed by atoms with Crippen molar-refractivity contribution >= 4 is 0 Å². The third-order valence-corrected chi connectivity index (χ3v) is 7.66. The highest BCUT2D eigenvalue weighted by molar-refractivity contribution is 5.35. The Bertz CT molecular complexity index is 915. The van der Waals surface area contributed by atoms with Gasteiger partial charge in [-0.1, -0.05) is 56.2 Å². The van der Waals surface area contributed by atoms with E-state index in [0.717, 1.165) is 51.5 Å². The molecule has 2 aromatic carbocycles. The Balaban J connectivity index is 1.82. The van der Waals surface area contributed by atoms with Crippen LogP contribution in [0.15, 0.2) is 48.5 Å². The lowest BCUT2D eigenvalue weighted by molar-refractivity contribution is 0.131. The summed E-state index contributed by atoms with van der Waals surface area (Å²) in [6.07, 6.45) is 7.69. The van der Waals surface area contributed by atoms with E-state index >= 15 is 0 Å². The second-order valence-electron chi connectivity index (χ2n) is 9.86. The first kappa shape index (κ1) is 25.4. The second kappa shape index (κ2) is 11.7. The summed E-state index contributed by atoms with van der Waals surface area (Å²) >= 11 is 0. The Morgan fingerprint density at radius 2 is 1.76 bits per heavy atom. The molecule has 1 aliphatic rings. The summed E-state index contributed by atoms with van der Waals surface area (Å²) in [7, 11) is 0. The molecular formula is C29H38F2N2. The highest BCUT2D eigenvalue weighted by Gasteiger charge is 2.43. The molecule has 0 heterocycles. The number of benzene rings is 2. The monoisotopic (exact) mass is 452 g/mol. The molecule has 3 rings (SSSR count). The topological polar surface area (TPSA) is 27.0 Å². The Morgan fingerprint density at radius 3 is 2.33 bits per heavy atom. The molecule has 178 valence electrons. The molecular weight excluding hydrogens is 414 g/mol. The molecule has 0 N–H and O–H groups in total. The van der Waals surface area contributed by atoms with Crippen LogP contribution in [0.25, 0.3) is 0 Å². The molecule has 1 fully saturated rings. The molecule has 0 spiro atoms. The lowest BCUT2D eigenvalue weighted by Crippen LogP contribution is -2.43. The van der Waals surface area contributed by atoms with Crippen molar-refractivity contribution in [2.75, 3.05) is 6.54 Å². The molecule has 2 nitrogen and oxygen atoms in total. The molecule has 2 unspecified atom stereocenters. The van der Waals surface area contributed by atoms with E-state index in [2.05, 4.69) is 56.0 Å². The van der Waals surface area contributed by atoms with Crippen LogP contribution in [-0.2, 0) is 11.8 Å². The maximum absolute atomic E-state index is 14.2. The minimum absolute atomic E-state index is 0.196. The lowest BCUT2D eigenvalue weighted by atomic mass is 9.67. The van der Waals surface area contributed by atoms with Crippen LogP contribution in [0.4, 0.5) is 8.78 Å². The molecule has 1 saturated carbocycles. The largest absolute Gasteiger partial charge is 0.298 e. The highest BCUT2D eigenvalue weighted by atomic mass is 19.2. The van der Waals surface area contributed by atoms with Crippen molar-refractivity contribution in [2.45, 2.75) is 89.6 Å². The van der Waals surface area contributed by atoms with Gasteiger partial charge in [0.2, 0.25) is 0 Å². The summed E-state index contributed by atoms with van der Waals surface area (Å²) in [5.74, 6) is -1.51. The average Bonchev–Trinajstić information content (AvgIpc) is 3.36. The van der Waals surface area contributed by atoms with Crippen LogP contribution in [0.3, 0.4) is 0 Å². The minimum atomic E-state index is -0.858. The summed E-state index contributed by atoms with van der Waals surface area (Å²) in [6, 6.07) is 18.0. The molecule has 0 radical (unpaired) electrons. The van der Waals surface area contributed by atoms with Crippen LogP contribution in [-0.4, -0.2) is 23.5 Å². The molecule has 33 heavy (non-hydrogen) atoms. The van der Waals surface area contributed by atoms with Crippen molar-refractivity contribution in [1.82, 2.24) is 4.90 Å². The number of rotatable bonds is 11. The molecule has 1 aliphatic carbocycles. The number of nitriles is 1. The van der Waals surface area contributed by atoms with Gasteiger partial charge >= 0.3 is 0 Å².